The zero-order valence-electron chi connectivity index (χ0n) is 27.5. The van der Waals surface area contributed by atoms with E-state index in [4.69, 9.17) is 18.3 Å². The predicted molar refractivity (Wildman–Crippen MR) is 174 cm³/mol. The lowest BCUT2D eigenvalue weighted by molar-refractivity contribution is -0.0176. The SMILES string of the molecule is CC(C)(C)[Si](C)(C)OC[C@@H]1[C@@H](O[Si](C)(C)C(C)(C)C)[C@H](OC(=O)c2ccccc2)[C@H](CO)N1C(=O)OCc1ccccc1. The maximum absolute atomic E-state index is 13.9. The second-order valence-corrected chi connectivity index (χ2v) is 24.0. The van der Waals surface area contributed by atoms with E-state index in [2.05, 4.69) is 67.7 Å². The Morgan fingerprint density at radius 2 is 1.33 bits per heavy atom. The van der Waals surface area contributed by atoms with Crippen LogP contribution in [0.5, 0.6) is 0 Å². The van der Waals surface area contributed by atoms with Crippen molar-refractivity contribution in [3.05, 3.63) is 71.8 Å². The molecular formula is C33H51NO7Si2. The Hall–Kier alpha value is -2.51. The minimum absolute atomic E-state index is 0.0619. The van der Waals surface area contributed by atoms with Gasteiger partial charge in [-0.1, -0.05) is 90.1 Å². The van der Waals surface area contributed by atoms with Gasteiger partial charge in [0.2, 0.25) is 0 Å². The lowest BCUT2D eigenvalue weighted by Gasteiger charge is -2.42. The second kappa shape index (κ2) is 13.6. The monoisotopic (exact) mass is 629 g/mol. The van der Waals surface area contributed by atoms with Crippen molar-refractivity contribution in [1.82, 2.24) is 4.90 Å². The molecule has 1 fully saturated rings. The third-order valence-corrected chi connectivity index (χ3v) is 18.3. The number of carbonyl (C=O) groups is 2. The summed E-state index contributed by atoms with van der Waals surface area (Å²) >= 11 is 0. The largest absolute Gasteiger partial charge is 0.454 e. The van der Waals surface area contributed by atoms with Gasteiger partial charge in [0.05, 0.1) is 30.9 Å². The average molecular weight is 630 g/mol. The molecule has 2 aromatic rings. The minimum atomic E-state index is -2.47. The zero-order chi connectivity index (χ0) is 32.2. The van der Waals surface area contributed by atoms with E-state index in [0.717, 1.165) is 5.56 Å². The number of hydrogen-bond donors (Lipinski definition) is 1. The molecule has 1 amide bonds. The van der Waals surface area contributed by atoms with Gasteiger partial charge in [0, 0.05) is 0 Å². The van der Waals surface area contributed by atoms with E-state index in [1.807, 2.05) is 36.4 Å². The van der Waals surface area contributed by atoms with Gasteiger partial charge in [0.1, 0.15) is 12.7 Å². The lowest BCUT2D eigenvalue weighted by atomic mass is 10.1. The third-order valence-electron chi connectivity index (χ3n) is 9.31. The van der Waals surface area contributed by atoms with E-state index in [0.29, 0.717) is 5.56 Å². The molecule has 1 aliphatic rings. The third kappa shape index (κ3) is 8.36. The lowest BCUT2D eigenvalue weighted by Crippen LogP contribution is -2.53. The number of esters is 1. The number of aliphatic hydroxyl groups excluding tert-OH is 1. The summed E-state index contributed by atoms with van der Waals surface area (Å²) in [5.41, 5.74) is 1.22. The van der Waals surface area contributed by atoms with E-state index in [9.17, 15) is 14.7 Å². The molecule has 0 bridgehead atoms. The summed E-state index contributed by atoms with van der Waals surface area (Å²) in [6.45, 7) is 21.2. The maximum atomic E-state index is 13.9. The van der Waals surface area contributed by atoms with Crippen molar-refractivity contribution < 1.29 is 33.0 Å². The Balaban J connectivity index is 2.06. The summed E-state index contributed by atoms with van der Waals surface area (Å²) < 4.78 is 25.6. The molecule has 1 heterocycles. The quantitative estimate of drug-likeness (QED) is 0.223. The van der Waals surface area contributed by atoms with Gasteiger partial charge in [0.25, 0.3) is 0 Å². The van der Waals surface area contributed by atoms with E-state index >= 15 is 0 Å². The molecule has 1 N–H and O–H groups in total. The Morgan fingerprint density at radius 3 is 1.84 bits per heavy atom. The molecule has 43 heavy (non-hydrogen) atoms. The fraction of sp³-hybridized carbons (Fsp3) is 0.576. The molecule has 8 nitrogen and oxygen atoms in total. The van der Waals surface area contributed by atoms with Crippen LogP contribution in [-0.2, 0) is 24.9 Å². The standard InChI is InChI=1S/C33H51NO7Si2/c1-32(2,3)42(7,8)39-23-27-29(41-43(9,10)33(4,5)6)28(40-30(36)25-19-15-12-16-20-25)26(21-35)34(27)31(37)38-22-24-17-13-11-14-18-24/h11-20,26-29,35H,21-23H2,1-10H3/t26-,27+,28+,29+/m0/s1. The molecule has 0 aromatic heterocycles. The number of benzene rings is 2. The molecule has 2 aromatic carbocycles. The summed E-state index contributed by atoms with van der Waals surface area (Å²) in [4.78, 5) is 28.8. The normalized spacial score (nSPS) is 21.5. The summed E-state index contributed by atoms with van der Waals surface area (Å²) in [5.74, 6) is -0.545. The van der Waals surface area contributed by atoms with Gasteiger partial charge < -0.3 is 23.4 Å². The molecule has 238 valence electrons. The molecule has 0 unspecified atom stereocenters. The molecule has 0 spiro atoms. The molecule has 10 heteroatoms. The number of hydrogen-bond acceptors (Lipinski definition) is 7. The first-order valence-corrected chi connectivity index (χ1v) is 20.9. The van der Waals surface area contributed by atoms with Crippen molar-refractivity contribution in [2.24, 2.45) is 0 Å². The van der Waals surface area contributed by atoms with Crippen LogP contribution in [0.3, 0.4) is 0 Å². The Bertz CT molecular complexity index is 1210. The van der Waals surface area contributed by atoms with Crippen molar-refractivity contribution in [2.45, 2.75) is 109 Å². The van der Waals surface area contributed by atoms with E-state index < -0.39 is 59.6 Å². The fourth-order valence-electron chi connectivity index (χ4n) is 4.52. The number of amides is 1. The van der Waals surface area contributed by atoms with Crippen LogP contribution in [0.1, 0.15) is 57.5 Å². The van der Waals surface area contributed by atoms with Crippen molar-refractivity contribution in [3.63, 3.8) is 0 Å². The van der Waals surface area contributed by atoms with Crippen LogP contribution in [0.25, 0.3) is 0 Å². The number of ether oxygens (including phenoxy) is 2. The van der Waals surface area contributed by atoms with Gasteiger partial charge in [-0.3, -0.25) is 4.90 Å². The van der Waals surface area contributed by atoms with Crippen LogP contribution >= 0.6 is 0 Å². The van der Waals surface area contributed by atoms with Crippen molar-refractivity contribution in [2.75, 3.05) is 13.2 Å². The second-order valence-electron chi connectivity index (χ2n) is 14.4. The number of likely N-dealkylation sites (tertiary alicyclic amines) is 1. The number of nitrogens with zero attached hydrogens (tertiary/aromatic N) is 1. The van der Waals surface area contributed by atoms with E-state index in [-0.39, 0.29) is 23.3 Å². The van der Waals surface area contributed by atoms with Crippen LogP contribution in [-0.4, -0.2) is 76.2 Å². The Morgan fingerprint density at radius 1 is 0.791 bits per heavy atom. The van der Waals surface area contributed by atoms with Crippen molar-refractivity contribution >= 4 is 28.7 Å². The van der Waals surface area contributed by atoms with E-state index in [1.165, 1.54) is 4.90 Å². The molecular weight excluding hydrogens is 579 g/mol. The molecule has 4 atom stereocenters. The fourth-order valence-corrected chi connectivity index (χ4v) is 6.86. The summed E-state index contributed by atoms with van der Waals surface area (Å²) in [7, 11) is -4.73. The predicted octanol–water partition coefficient (Wildman–Crippen LogP) is 7.01. The first kappa shape index (κ1) is 35.0. The molecule has 1 saturated heterocycles. The molecule has 0 aliphatic carbocycles. The summed E-state index contributed by atoms with van der Waals surface area (Å²) in [5, 5.41) is 10.5. The van der Waals surface area contributed by atoms with Gasteiger partial charge in [-0.15, -0.1) is 0 Å². The van der Waals surface area contributed by atoms with Crippen molar-refractivity contribution in [1.29, 1.82) is 0 Å². The molecule has 1 aliphatic heterocycles. The Kier molecular flexibility index (Phi) is 11.1. The van der Waals surface area contributed by atoms with Gasteiger partial charge in [-0.2, -0.15) is 0 Å². The summed E-state index contributed by atoms with van der Waals surface area (Å²) in [6, 6.07) is 16.6. The topological polar surface area (TPSA) is 94.5 Å². The van der Waals surface area contributed by atoms with E-state index in [1.54, 1.807) is 24.3 Å². The molecule has 0 saturated carbocycles. The van der Waals surface area contributed by atoms with Gasteiger partial charge >= 0.3 is 12.1 Å². The number of carbonyl (C=O) groups excluding carboxylic acids is 2. The highest BCUT2D eigenvalue weighted by Gasteiger charge is 2.57. The maximum Gasteiger partial charge on any atom is 0.410 e. The first-order valence-electron chi connectivity index (χ1n) is 15.1. The molecule has 0 radical (unpaired) electrons. The minimum Gasteiger partial charge on any atom is -0.454 e. The average Bonchev–Trinajstić information content (AvgIpc) is 3.21. The highest BCUT2D eigenvalue weighted by molar-refractivity contribution is 6.74. The number of aliphatic hydroxyl groups is 1. The van der Waals surface area contributed by atoms with Crippen LogP contribution in [0.2, 0.25) is 36.3 Å². The smallest absolute Gasteiger partial charge is 0.410 e. The van der Waals surface area contributed by atoms with Crippen LogP contribution < -0.4 is 0 Å². The van der Waals surface area contributed by atoms with Gasteiger partial charge in [0.15, 0.2) is 22.7 Å². The van der Waals surface area contributed by atoms with Crippen LogP contribution in [0, 0.1) is 0 Å². The first-order chi connectivity index (χ1) is 19.9. The number of rotatable bonds is 10. The van der Waals surface area contributed by atoms with Crippen molar-refractivity contribution in [3.8, 4) is 0 Å². The van der Waals surface area contributed by atoms with Crippen LogP contribution in [0.4, 0.5) is 4.79 Å². The zero-order valence-corrected chi connectivity index (χ0v) is 29.5. The summed E-state index contributed by atoms with van der Waals surface area (Å²) in [6.07, 6.45) is -2.29. The molecule has 3 rings (SSSR count). The van der Waals surface area contributed by atoms with Gasteiger partial charge in [-0.25, -0.2) is 9.59 Å². The highest BCUT2D eigenvalue weighted by Crippen LogP contribution is 2.43. The van der Waals surface area contributed by atoms with Gasteiger partial charge in [-0.05, 0) is 54.0 Å². The van der Waals surface area contributed by atoms with Crippen LogP contribution in [0.15, 0.2) is 60.7 Å². The Labute approximate surface area is 259 Å². The highest BCUT2D eigenvalue weighted by atomic mass is 28.4.